The standard InChI is InChI=1S/C17H26N6O5S/c1-10-7-11-3-2-4-13(15(11)22-8-10)29(27,28)23(9-14(24)25)16(26)12(18)5-6-21-17(19)20/h2-4,10,12,22H,5-9,18H2,1H3,(H,24,25)(H4,19,20,21)/t10?,12-/m0/s1. The zero-order valence-corrected chi connectivity index (χ0v) is 16.9. The van der Waals surface area contributed by atoms with Crippen molar-refractivity contribution < 1.29 is 23.1 Å². The lowest BCUT2D eigenvalue weighted by atomic mass is 9.96. The molecular weight excluding hydrogens is 400 g/mol. The molecule has 29 heavy (non-hydrogen) atoms. The van der Waals surface area contributed by atoms with E-state index in [1.165, 1.54) is 6.07 Å². The van der Waals surface area contributed by atoms with Gasteiger partial charge in [-0.05, 0) is 30.4 Å². The number of carbonyl (C=O) groups is 2. The number of hydrogen-bond donors (Lipinski definition) is 5. The maximum atomic E-state index is 13.2. The molecule has 1 aliphatic heterocycles. The first-order chi connectivity index (χ1) is 13.5. The van der Waals surface area contributed by atoms with Gasteiger partial charge >= 0.3 is 5.97 Å². The monoisotopic (exact) mass is 426 g/mol. The summed E-state index contributed by atoms with van der Waals surface area (Å²) in [5.74, 6) is -2.42. The summed E-state index contributed by atoms with van der Waals surface area (Å²) in [5.41, 5.74) is 17.4. The predicted octanol–water partition coefficient (Wildman–Crippen LogP) is -1.12. The highest BCUT2D eigenvalue weighted by Crippen LogP contribution is 2.33. The van der Waals surface area contributed by atoms with E-state index in [0.29, 0.717) is 28.9 Å². The Balaban J connectivity index is 2.39. The fourth-order valence-electron chi connectivity index (χ4n) is 3.05. The van der Waals surface area contributed by atoms with Gasteiger partial charge < -0.3 is 27.6 Å². The number of para-hydroxylation sites is 1. The summed E-state index contributed by atoms with van der Waals surface area (Å²) in [6.07, 6.45) is 0.613. The average Bonchev–Trinajstić information content (AvgIpc) is 2.64. The third-order valence-corrected chi connectivity index (χ3v) is 6.24. The normalized spacial score (nSPS) is 16.8. The highest BCUT2D eigenvalue weighted by Gasteiger charge is 2.36. The number of aliphatic carboxylic acids is 1. The lowest BCUT2D eigenvalue weighted by molar-refractivity contribution is -0.141. The number of carbonyl (C=O) groups excluding carboxylic acids is 1. The fourth-order valence-corrected chi connectivity index (χ4v) is 4.65. The quantitative estimate of drug-likeness (QED) is 0.253. The van der Waals surface area contributed by atoms with Crippen LogP contribution in [0, 0.1) is 5.92 Å². The number of nitrogens with two attached hydrogens (primary N) is 3. The van der Waals surface area contributed by atoms with Crippen LogP contribution in [0.25, 0.3) is 0 Å². The van der Waals surface area contributed by atoms with E-state index in [-0.39, 0.29) is 23.8 Å². The number of anilines is 1. The highest BCUT2D eigenvalue weighted by atomic mass is 32.2. The van der Waals surface area contributed by atoms with E-state index in [0.717, 1.165) is 5.56 Å². The van der Waals surface area contributed by atoms with Gasteiger partial charge in [0.1, 0.15) is 11.4 Å². The number of amides is 1. The summed E-state index contributed by atoms with van der Waals surface area (Å²) in [4.78, 5) is 27.5. The number of rotatable bonds is 8. The van der Waals surface area contributed by atoms with Crippen molar-refractivity contribution in [3.05, 3.63) is 23.8 Å². The molecule has 1 heterocycles. The van der Waals surface area contributed by atoms with Crippen LogP contribution in [0.3, 0.4) is 0 Å². The summed E-state index contributed by atoms with van der Waals surface area (Å²) in [6.45, 7) is 1.53. The van der Waals surface area contributed by atoms with Crippen LogP contribution in [0.5, 0.6) is 0 Å². The van der Waals surface area contributed by atoms with Crippen LogP contribution in [-0.2, 0) is 26.0 Å². The van der Waals surface area contributed by atoms with E-state index in [9.17, 15) is 23.1 Å². The molecule has 0 radical (unpaired) electrons. The summed E-state index contributed by atoms with van der Waals surface area (Å²) >= 11 is 0. The smallest absolute Gasteiger partial charge is 0.324 e. The molecular formula is C17H26N6O5S. The minimum Gasteiger partial charge on any atom is -0.480 e. The van der Waals surface area contributed by atoms with Crippen LogP contribution in [-0.4, -0.2) is 61.3 Å². The molecule has 0 spiro atoms. The second-order valence-corrected chi connectivity index (χ2v) is 8.76. The Morgan fingerprint density at radius 2 is 2.07 bits per heavy atom. The summed E-state index contributed by atoms with van der Waals surface area (Å²) in [7, 11) is -4.47. The lowest BCUT2D eigenvalue weighted by Crippen LogP contribution is -2.49. The highest BCUT2D eigenvalue weighted by molar-refractivity contribution is 7.89. The molecule has 0 fully saturated rings. The van der Waals surface area contributed by atoms with Crippen LogP contribution >= 0.6 is 0 Å². The van der Waals surface area contributed by atoms with Crippen molar-refractivity contribution in [2.45, 2.75) is 30.7 Å². The number of aliphatic imine (C=N–C) groups is 1. The molecule has 0 bridgehead atoms. The number of hydrogen-bond acceptors (Lipinski definition) is 7. The number of nitrogens with zero attached hydrogens (tertiary/aromatic N) is 2. The van der Waals surface area contributed by atoms with Crippen LogP contribution in [0.15, 0.2) is 28.1 Å². The first-order valence-electron chi connectivity index (χ1n) is 8.99. The van der Waals surface area contributed by atoms with E-state index in [2.05, 4.69) is 10.3 Å². The lowest BCUT2D eigenvalue weighted by Gasteiger charge is -2.28. The van der Waals surface area contributed by atoms with Gasteiger partial charge in [0.25, 0.3) is 15.9 Å². The van der Waals surface area contributed by atoms with Gasteiger partial charge in [-0.2, -0.15) is 0 Å². The average molecular weight is 426 g/mol. The van der Waals surface area contributed by atoms with E-state index >= 15 is 0 Å². The molecule has 1 aromatic rings. The first kappa shape index (κ1) is 22.4. The third-order valence-electron chi connectivity index (χ3n) is 4.45. The molecule has 11 nitrogen and oxygen atoms in total. The largest absolute Gasteiger partial charge is 0.480 e. The summed E-state index contributed by atoms with van der Waals surface area (Å²) in [6, 6.07) is 3.40. The molecule has 2 rings (SSSR count). The van der Waals surface area contributed by atoms with Crippen molar-refractivity contribution in [1.82, 2.24) is 4.31 Å². The van der Waals surface area contributed by atoms with Gasteiger partial charge in [-0.15, -0.1) is 0 Å². The zero-order chi connectivity index (χ0) is 21.8. The second-order valence-electron chi connectivity index (χ2n) is 6.93. The number of guanidine groups is 1. The van der Waals surface area contributed by atoms with Gasteiger partial charge in [0.05, 0.1) is 11.7 Å². The number of benzene rings is 1. The molecule has 12 heteroatoms. The second kappa shape index (κ2) is 9.09. The minimum absolute atomic E-state index is 0.00359. The van der Waals surface area contributed by atoms with E-state index in [4.69, 9.17) is 17.2 Å². The van der Waals surface area contributed by atoms with Crippen molar-refractivity contribution in [3.8, 4) is 0 Å². The van der Waals surface area contributed by atoms with Crippen LogP contribution in [0.4, 0.5) is 5.69 Å². The SMILES string of the molecule is CC1CNc2c(cccc2S(=O)(=O)N(CC(=O)O)C(=O)[C@@H](N)CCN=C(N)N)C1. The van der Waals surface area contributed by atoms with Gasteiger partial charge in [-0.25, -0.2) is 12.7 Å². The number of carboxylic acid groups (broad SMARTS) is 1. The minimum atomic E-state index is -4.47. The fraction of sp³-hybridized carbons (Fsp3) is 0.471. The Labute approximate surface area is 169 Å². The summed E-state index contributed by atoms with van der Waals surface area (Å²) in [5, 5.41) is 12.2. The molecule has 1 aliphatic rings. The Morgan fingerprint density at radius 3 is 2.69 bits per heavy atom. The summed E-state index contributed by atoms with van der Waals surface area (Å²) < 4.78 is 26.8. The Hall–Kier alpha value is -2.86. The zero-order valence-electron chi connectivity index (χ0n) is 16.0. The molecule has 1 aromatic carbocycles. The Bertz CT molecular complexity index is 913. The molecule has 2 atom stereocenters. The van der Waals surface area contributed by atoms with Gasteiger partial charge in [-0.1, -0.05) is 19.1 Å². The number of sulfonamides is 1. The van der Waals surface area contributed by atoms with Crippen molar-refractivity contribution in [2.75, 3.05) is 25.0 Å². The van der Waals surface area contributed by atoms with Gasteiger partial charge in [0.2, 0.25) is 0 Å². The van der Waals surface area contributed by atoms with Gasteiger partial charge in [-0.3, -0.25) is 14.6 Å². The van der Waals surface area contributed by atoms with Crippen molar-refractivity contribution >= 4 is 33.5 Å². The van der Waals surface area contributed by atoms with Gasteiger partial charge in [0, 0.05) is 13.1 Å². The molecule has 160 valence electrons. The Morgan fingerprint density at radius 1 is 1.38 bits per heavy atom. The van der Waals surface area contributed by atoms with Gasteiger partial charge in [0.15, 0.2) is 5.96 Å². The van der Waals surface area contributed by atoms with Crippen LogP contribution < -0.4 is 22.5 Å². The molecule has 0 saturated heterocycles. The maximum absolute atomic E-state index is 13.2. The number of carboxylic acids is 1. The van der Waals surface area contributed by atoms with Crippen LogP contribution in [0.1, 0.15) is 18.9 Å². The topological polar surface area (TPSA) is 194 Å². The Kier molecular flexibility index (Phi) is 7.03. The van der Waals surface area contributed by atoms with Crippen molar-refractivity contribution in [1.29, 1.82) is 0 Å². The van der Waals surface area contributed by atoms with E-state index in [1.54, 1.807) is 12.1 Å². The molecule has 1 amide bonds. The van der Waals surface area contributed by atoms with E-state index < -0.39 is 34.5 Å². The molecule has 1 unspecified atom stereocenters. The van der Waals surface area contributed by atoms with E-state index in [1.807, 2.05) is 6.92 Å². The maximum Gasteiger partial charge on any atom is 0.324 e. The third kappa shape index (κ3) is 5.35. The molecule has 8 N–H and O–H groups in total. The van der Waals surface area contributed by atoms with Crippen molar-refractivity contribution in [2.24, 2.45) is 28.1 Å². The molecule has 0 saturated carbocycles. The van der Waals surface area contributed by atoms with Crippen molar-refractivity contribution in [3.63, 3.8) is 0 Å². The molecule has 0 aromatic heterocycles. The molecule has 0 aliphatic carbocycles. The number of nitrogens with one attached hydrogen (secondary N) is 1. The van der Waals surface area contributed by atoms with Crippen LogP contribution in [0.2, 0.25) is 0 Å². The predicted molar refractivity (Wildman–Crippen MR) is 108 cm³/mol. The first-order valence-corrected chi connectivity index (χ1v) is 10.4. The number of fused-ring (bicyclic) bond motifs is 1.